The molecule has 0 aromatic heterocycles. The molecular weight excluding hydrogens is 276 g/mol. The number of rotatable bonds is 6. The highest BCUT2D eigenvalue weighted by molar-refractivity contribution is 5.80. The molecule has 1 aliphatic heterocycles. The molecule has 1 unspecified atom stereocenters. The van der Waals surface area contributed by atoms with Gasteiger partial charge >= 0.3 is 6.61 Å². The number of aliphatic imine (C=N–C) groups is 1. The molecule has 0 saturated heterocycles. The topological polar surface area (TPSA) is 50.8 Å². The first kappa shape index (κ1) is 15.5. The van der Waals surface area contributed by atoms with E-state index in [1.807, 2.05) is 12.1 Å². The molecule has 1 atom stereocenters. The summed E-state index contributed by atoms with van der Waals surface area (Å²) >= 11 is 0. The van der Waals surface area contributed by atoms with Crippen LogP contribution < -0.4 is 10.5 Å². The number of nitrogens with zero attached hydrogens (tertiary/aromatic N) is 2. The molecule has 1 aliphatic rings. The summed E-state index contributed by atoms with van der Waals surface area (Å²) in [4.78, 5) is 6.43. The van der Waals surface area contributed by atoms with Gasteiger partial charge in [-0.1, -0.05) is 12.1 Å². The third kappa shape index (κ3) is 3.62. The van der Waals surface area contributed by atoms with Crippen molar-refractivity contribution in [1.29, 1.82) is 0 Å². The van der Waals surface area contributed by atoms with E-state index in [0.717, 1.165) is 24.9 Å². The SMILES string of the molecule is CCN1C(N)=NCC1(C)CCc1ccc(OC(F)F)cc1. The van der Waals surface area contributed by atoms with E-state index in [0.29, 0.717) is 12.5 Å². The second-order valence-electron chi connectivity index (χ2n) is 5.44. The quantitative estimate of drug-likeness (QED) is 0.878. The van der Waals surface area contributed by atoms with E-state index in [-0.39, 0.29) is 11.3 Å². The highest BCUT2D eigenvalue weighted by Crippen LogP contribution is 2.27. The van der Waals surface area contributed by atoms with Crippen molar-refractivity contribution in [3.8, 4) is 5.75 Å². The van der Waals surface area contributed by atoms with E-state index in [9.17, 15) is 8.78 Å². The lowest BCUT2D eigenvalue weighted by atomic mass is 9.92. The van der Waals surface area contributed by atoms with Crippen LogP contribution in [0.1, 0.15) is 25.8 Å². The van der Waals surface area contributed by atoms with Crippen LogP contribution in [0.4, 0.5) is 8.78 Å². The van der Waals surface area contributed by atoms with E-state index in [1.165, 1.54) is 0 Å². The Morgan fingerprint density at radius 2 is 2.05 bits per heavy atom. The lowest BCUT2D eigenvalue weighted by Crippen LogP contribution is -2.49. The monoisotopic (exact) mass is 297 g/mol. The zero-order valence-corrected chi connectivity index (χ0v) is 12.4. The van der Waals surface area contributed by atoms with E-state index in [1.54, 1.807) is 12.1 Å². The second kappa shape index (κ2) is 6.28. The van der Waals surface area contributed by atoms with Crippen molar-refractivity contribution >= 4 is 5.96 Å². The van der Waals surface area contributed by atoms with E-state index in [4.69, 9.17) is 5.73 Å². The first-order valence-corrected chi connectivity index (χ1v) is 7.06. The van der Waals surface area contributed by atoms with E-state index in [2.05, 4.69) is 28.5 Å². The van der Waals surface area contributed by atoms with Gasteiger partial charge in [-0.05, 0) is 44.4 Å². The van der Waals surface area contributed by atoms with Crippen molar-refractivity contribution in [1.82, 2.24) is 4.90 Å². The molecule has 2 rings (SSSR count). The number of hydrogen-bond acceptors (Lipinski definition) is 4. The van der Waals surface area contributed by atoms with Gasteiger partial charge in [0.1, 0.15) is 5.75 Å². The van der Waals surface area contributed by atoms with Crippen molar-refractivity contribution in [2.45, 2.75) is 38.8 Å². The number of likely N-dealkylation sites (N-methyl/N-ethyl adjacent to an activating group) is 1. The van der Waals surface area contributed by atoms with Crippen molar-refractivity contribution in [2.75, 3.05) is 13.1 Å². The zero-order valence-electron chi connectivity index (χ0n) is 12.4. The highest BCUT2D eigenvalue weighted by Gasteiger charge is 2.36. The molecule has 1 aromatic rings. The number of alkyl halides is 2. The van der Waals surface area contributed by atoms with Crippen molar-refractivity contribution in [3.63, 3.8) is 0 Å². The van der Waals surface area contributed by atoms with Gasteiger partial charge in [0.15, 0.2) is 5.96 Å². The Bertz CT molecular complexity index is 504. The number of hydrogen-bond donors (Lipinski definition) is 1. The minimum Gasteiger partial charge on any atom is -0.435 e. The third-order valence-electron chi connectivity index (χ3n) is 3.93. The Balaban J connectivity index is 1.94. The largest absolute Gasteiger partial charge is 0.435 e. The third-order valence-corrected chi connectivity index (χ3v) is 3.93. The molecule has 0 aliphatic carbocycles. The normalized spacial score (nSPS) is 21.8. The summed E-state index contributed by atoms with van der Waals surface area (Å²) in [5, 5.41) is 0. The van der Waals surface area contributed by atoms with Crippen LogP contribution in [0.25, 0.3) is 0 Å². The molecule has 2 N–H and O–H groups in total. The molecule has 21 heavy (non-hydrogen) atoms. The van der Waals surface area contributed by atoms with Crippen LogP contribution in [0, 0.1) is 0 Å². The van der Waals surface area contributed by atoms with Crippen LogP contribution in [-0.4, -0.2) is 36.1 Å². The Labute approximate surface area is 123 Å². The van der Waals surface area contributed by atoms with Gasteiger partial charge in [-0.25, -0.2) is 0 Å². The van der Waals surface area contributed by atoms with Crippen molar-refractivity contribution in [2.24, 2.45) is 10.7 Å². The van der Waals surface area contributed by atoms with Gasteiger partial charge in [0.2, 0.25) is 0 Å². The number of nitrogens with two attached hydrogens (primary N) is 1. The average molecular weight is 297 g/mol. The smallest absolute Gasteiger partial charge is 0.387 e. The summed E-state index contributed by atoms with van der Waals surface area (Å²) in [6, 6.07) is 6.77. The molecule has 0 bridgehead atoms. The predicted molar refractivity (Wildman–Crippen MR) is 78.7 cm³/mol. The first-order chi connectivity index (χ1) is 9.94. The maximum absolute atomic E-state index is 12.1. The molecule has 4 nitrogen and oxygen atoms in total. The summed E-state index contributed by atoms with van der Waals surface area (Å²) < 4.78 is 28.5. The van der Waals surface area contributed by atoms with E-state index >= 15 is 0 Å². The van der Waals surface area contributed by atoms with Crippen molar-refractivity contribution < 1.29 is 13.5 Å². The average Bonchev–Trinajstić information content (AvgIpc) is 2.73. The lowest BCUT2D eigenvalue weighted by molar-refractivity contribution is -0.0498. The Morgan fingerprint density at radius 3 is 2.62 bits per heavy atom. The number of halogens is 2. The van der Waals surface area contributed by atoms with Crippen LogP contribution in [-0.2, 0) is 6.42 Å². The number of guanidine groups is 1. The molecule has 0 radical (unpaired) electrons. The van der Waals surface area contributed by atoms with Crippen molar-refractivity contribution in [3.05, 3.63) is 29.8 Å². The fraction of sp³-hybridized carbons (Fsp3) is 0.533. The van der Waals surface area contributed by atoms with Gasteiger partial charge < -0.3 is 15.4 Å². The maximum Gasteiger partial charge on any atom is 0.387 e. The summed E-state index contributed by atoms with van der Waals surface area (Å²) in [5.74, 6) is 0.782. The van der Waals surface area contributed by atoms with E-state index < -0.39 is 6.61 Å². The van der Waals surface area contributed by atoms with Gasteiger partial charge in [0.05, 0.1) is 12.1 Å². The molecule has 116 valence electrons. The Kier molecular flexibility index (Phi) is 4.65. The summed E-state index contributed by atoms with van der Waals surface area (Å²) in [6.45, 7) is 2.94. The van der Waals surface area contributed by atoms with Crippen LogP contribution in [0.5, 0.6) is 5.75 Å². The number of ether oxygens (including phenoxy) is 1. The zero-order chi connectivity index (χ0) is 15.5. The summed E-state index contributed by atoms with van der Waals surface area (Å²) in [6.07, 6.45) is 1.74. The van der Waals surface area contributed by atoms with Crippen LogP contribution in [0.3, 0.4) is 0 Å². The maximum atomic E-state index is 12.1. The Hall–Kier alpha value is -1.85. The summed E-state index contributed by atoms with van der Waals surface area (Å²) in [5.41, 5.74) is 6.90. The first-order valence-electron chi connectivity index (χ1n) is 7.06. The van der Waals surface area contributed by atoms with Gasteiger partial charge in [0.25, 0.3) is 0 Å². The minimum atomic E-state index is -2.79. The molecular formula is C15H21F2N3O. The van der Waals surface area contributed by atoms with Gasteiger partial charge in [-0.2, -0.15) is 8.78 Å². The molecule has 0 saturated carbocycles. The minimum absolute atomic E-state index is 0.0724. The molecule has 1 aromatic carbocycles. The molecule has 0 amide bonds. The highest BCUT2D eigenvalue weighted by atomic mass is 19.3. The second-order valence-corrected chi connectivity index (χ2v) is 5.44. The number of aryl methyl sites for hydroxylation is 1. The lowest BCUT2D eigenvalue weighted by Gasteiger charge is -2.35. The number of benzene rings is 1. The summed E-state index contributed by atoms with van der Waals surface area (Å²) in [7, 11) is 0. The Morgan fingerprint density at radius 1 is 1.38 bits per heavy atom. The molecule has 6 heteroatoms. The fourth-order valence-electron chi connectivity index (χ4n) is 2.71. The molecule has 0 spiro atoms. The molecule has 1 heterocycles. The standard InChI is InChI=1S/C15H21F2N3O/c1-3-20-14(18)19-10-15(20,2)9-8-11-4-6-12(7-5-11)21-13(16)17/h4-7,13H,3,8-10H2,1-2H3,(H2,18,19). The van der Waals surface area contributed by atoms with Gasteiger partial charge in [0, 0.05) is 6.54 Å². The van der Waals surface area contributed by atoms with Crippen LogP contribution in [0.15, 0.2) is 29.3 Å². The predicted octanol–water partition coefficient (Wildman–Crippen LogP) is 2.63. The fourth-order valence-corrected chi connectivity index (χ4v) is 2.71. The van der Waals surface area contributed by atoms with Gasteiger partial charge in [-0.3, -0.25) is 4.99 Å². The van der Waals surface area contributed by atoms with Crippen LogP contribution in [0.2, 0.25) is 0 Å². The van der Waals surface area contributed by atoms with Crippen LogP contribution >= 0.6 is 0 Å². The van der Waals surface area contributed by atoms with Gasteiger partial charge in [-0.15, -0.1) is 0 Å². The molecule has 0 fully saturated rings.